The third kappa shape index (κ3) is 5.85. The molecule has 170 valence electrons. The van der Waals surface area contributed by atoms with E-state index in [9.17, 15) is 14.4 Å². The molecule has 11 heteroatoms. The summed E-state index contributed by atoms with van der Waals surface area (Å²) in [7, 11) is -2.29. The van der Waals surface area contributed by atoms with Gasteiger partial charge in [-0.05, 0) is 24.4 Å². The van der Waals surface area contributed by atoms with Gasteiger partial charge in [-0.2, -0.15) is 0 Å². The predicted molar refractivity (Wildman–Crippen MR) is 117 cm³/mol. The maximum atomic E-state index is 12.5. The van der Waals surface area contributed by atoms with E-state index in [2.05, 4.69) is 38.8 Å². The number of esters is 1. The number of aromatic nitrogens is 2. The van der Waals surface area contributed by atoms with Crippen molar-refractivity contribution in [2.75, 3.05) is 18.8 Å². The van der Waals surface area contributed by atoms with E-state index < -0.39 is 50.1 Å². The Balaban J connectivity index is 2.48. The lowest BCUT2D eigenvalue weighted by molar-refractivity contribution is -0.148. The smallest absolute Gasteiger partial charge is 0.330 e. The number of hydrogen-bond acceptors (Lipinski definition) is 8. The van der Waals surface area contributed by atoms with Crippen LogP contribution in [0.4, 0.5) is 0 Å². The number of H-pyrrole nitrogens is 1. The number of nitrogens with zero attached hydrogens (tertiary/aromatic N) is 1. The van der Waals surface area contributed by atoms with Crippen LogP contribution >= 0.6 is 11.8 Å². The summed E-state index contributed by atoms with van der Waals surface area (Å²) in [5, 5.41) is -0.0917. The molecular weight excluding hydrogens is 428 g/mol. The molecule has 1 aliphatic heterocycles. The van der Waals surface area contributed by atoms with E-state index in [4.69, 9.17) is 18.6 Å². The highest BCUT2D eigenvalue weighted by molar-refractivity contribution is 7.98. The van der Waals surface area contributed by atoms with E-state index >= 15 is 0 Å². The molecule has 1 aromatic rings. The van der Waals surface area contributed by atoms with Crippen molar-refractivity contribution in [2.45, 2.75) is 70.4 Å². The van der Waals surface area contributed by atoms with E-state index in [1.165, 1.54) is 35.5 Å². The molecule has 0 spiro atoms. The summed E-state index contributed by atoms with van der Waals surface area (Å²) < 4.78 is 25.3. The van der Waals surface area contributed by atoms with Crippen molar-refractivity contribution in [3.8, 4) is 0 Å². The number of aromatic amines is 1. The molecule has 2 heterocycles. The second-order valence-electron chi connectivity index (χ2n) is 8.77. The number of thioether (sulfide) groups is 1. The van der Waals surface area contributed by atoms with Crippen molar-refractivity contribution in [1.29, 1.82) is 0 Å². The van der Waals surface area contributed by atoms with Gasteiger partial charge in [0.25, 0.3) is 5.56 Å². The molecule has 4 atom stereocenters. The fourth-order valence-corrected chi connectivity index (χ4v) is 4.46. The minimum absolute atomic E-state index is 0.0274. The molecule has 0 radical (unpaired) electrons. The minimum atomic E-state index is -2.29. The van der Waals surface area contributed by atoms with Crippen LogP contribution in [0.2, 0.25) is 18.1 Å². The summed E-state index contributed by atoms with van der Waals surface area (Å²) >= 11 is 1.50. The quantitative estimate of drug-likeness (QED) is 0.357. The van der Waals surface area contributed by atoms with Crippen LogP contribution in [-0.4, -0.2) is 61.0 Å². The van der Waals surface area contributed by atoms with Crippen molar-refractivity contribution in [3.05, 3.63) is 33.1 Å². The van der Waals surface area contributed by atoms with Crippen molar-refractivity contribution in [2.24, 2.45) is 0 Å². The highest BCUT2D eigenvalue weighted by atomic mass is 32.2. The van der Waals surface area contributed by atoms with E-state index in [-0.39, 0.29) is 11.6 Å². The molecule has 1 saturated heterocycles. The Labute approximate surface area is 181 Å². The Hall–Kier alpha value is -1.40. The Morgan fingerprint density at radius 2 is 1.97 bits per heavy atom. The standard InChI is InChI=1S/C19H32N2O7SSi/c1-12(22)25-10-13-15(26-11-29-5)16(28-30(6,7)19(2,3)4)17(27-13)21-9-8-14(23)20-18(21)24/h8-9,13,15-17H,10-11H2,1-7H3,(H,20,23,24)/t13-,15-,16-,17-/m1/s1. The van der Waals surface area contributed by atoms with Gasteiger partial charge in [-0.1, -0.05) is 20.8 Å². The summed E-state index contributed by atoms with van der Waals surface area (Å²) in [6.07, 6.45) is 0.644. The number of carbonyl (C=O) groups is 1. The molecule has 1 fully saturated rings. The lowest BCUT2D eigenvalue weighted by atomic mass is 10.1. The van der Waals surface area contributed by atoms with Crippen LogP contribution in [0.3, 0.4) is 0 Å². The van der Waals surface area contributed by atoms with Gasteiger partial charge < -0.3 is 18.6 Å². The molecule has 1 aliphatic rings. The first-order valence-electron chi connectivity index (χ1n) is 9.76. The van der Waals surface area contributed by atoms with E-state index in [0.29, 0.717) is 5.94 Å². The number of ether oxygens (including phenoxy) is 3. The van der Waals surface area contributed by atoms with E-state index in [0.717, 1.165) is 0 Å². The van der Waals surface area contributed by atoms with Gasteiger partial charge in [0, 0.05) is 19.2 Å². The molecule has 0 aliphatic carbocycles. The first kappa shape index (κ1) is 24.9. The molecule has 0 amide bonds. The van der Waals surface area contributed by atoms with Crippen LogP contribution in [0.25, 0.3) is 0 Å². The fraction of sp³-hybridized carbons (Fsp3) is 0.737. The average Bonchev–Trinajstić information content (AvgIpc) is 2.94. The second kappa shape index (κ2) is 9.82. The van der Waals surface area contributed by atoms with Crippen molar-refractivity contribution in [3.63, 3.8) is 0 Å². The van der Waals surface area contributed by atoms with Crippen LogP contribution in [0, 0.1) is 0 Å². The largest absolute Gasteiger partial charge is 0.463 e. The summed E-state index contributed by atoms with van der Waals surface area (Å²) in [5.41, 5.74) is -1.10. The molecule has 0 unspecified atom stereocenters. The zero-order chi connectivity index (χ0) is 22.7. The number of nitrogens with one attached hydrogen (secondary N) is 1. The monoisotopic (exact) mass is 460 g/mol. The van der Waals surface area contributed by atoms with E-state index in [1.54, 1.807) is 0 Å². The Morgan fingerprint density at radius 1 is 1.30 bits per heavy atom. The summed E-state index contributed by atoms with van der Waals surface area (Å²) in [6, 6.07) is 1.26. The lowest BCUT2D eigenvalue weighted by Crippen LogP contribution is -2.50. The van der Waals surface area contributed by atoms with Crippen LogP contribution in [0.15, 0.2) is 21.9 Å². The van der Waals surface area contributed by atoms with Crippen LogP contribution in [-0.2, 0) is 23.4 Å². The van der Waals surface area contributed by atoms with Crippen molar-refractivity contribution >= 4 is 26.0 Å². The fourth-order valence-electron chi connectivity index (χ4n) is 2.88. The molecule has 2 rings (SSSR count). The molecular formula is C19H32N2O7SSi. The maximum Gasteiger partial charge on any atom is 0.330 e. The zero-order valence-corrected chi connectivity index (χ0v) is 20.4. The molecule has 0 bridgehead atoms. The SMILES string of the molecule is CSCO[C@H]1[C@@H](O[Si](C)(C)C(C)(C)C)[C@H](n2ccc(=O)[nH]c2=O)O[C@@H]1COC(C)=O. The number of hydrogen-bond donors (Lipinski definition) is 1. The molecule has 9 nitrogen and oxygen atoms in total. The van der Waals surface area contributed by atoms with E-state index in [1.807, 2.05) is 6.26 Å². The van der Waals surface area contributed by atoms with Gasteiger partial charge in [0.2, 0.25) is 0 Å². The van der Waals surface area contributed by atoms with Gasteiger partial charge in [-0.3, -0.25) is 19.1 Å². The van der Waals surface area contributed by atoms with Crippen molar-refractivity contribution < 1.29 is 23.4 Å². The third-order valence-electron chi connectivity index (χ3n) is 5.48. The number of rotatable bonds is 8. The summed E-state index contributed by atoms with van der Waals surface area (Å²) in [4.78, 5) is 37.6. The van der Waals surface area contributed by atoms with Gasteiger partial charge in [0.15, 0.2) is 14.5 Å². The lowest BCUT2D eigenvalue weighted by Gasteiger charge is -2.40. The van der Waals surface area contributed by atoms with Crippen LogP contribution in [0.5, 0.6) is 0 Å². The molecule has 1 N–H and O–H groups in total. The third-order valence-corrected chi connectivity index (χ3v) is 10.3. The Bertz CT molecular complexity index is 848. The summed E-state index contributed by atoms with van der Waals surface area (Å²) in [5.74, 6) is -0.0522. The highest BCUT2D eigenvalue weighted by Crippen LogP contribution is 2.42. The molecule has 30 heavy (non-hydrogen) atoms. The van der Waals surface area contributed by atoms with Crippen LogP contribution < -0.4 is 11.2 Å². The first-order chi connectivity index (χ1) is 13.9. The van der Waals surface area contributed by atoms with Gasteiger partial charge >= 0.3 is 11.7 Å². The number of carbonyl (C=O) groups excluding carboxylic acids is 1. The highest BCUT2D eigenvalue weighted by Gasteiger charge is 2.52. The topological polar surface area (TPSA) is 109 Å². The maximum absolute atomic E-state index is 12.5. The molecule has 1 aromatic heterocycles. The predicted octanol–water partition coefficient (Wildman–Crippen LogP) is 2.09. The second-order valence-corrected chi connectivity index (χ2v) is 14.3. The Kier molecular flexibility index (Phi) is 8.13. The van der Waals surface area contributed by atoms with Gasteiger partial charge in [-0.15, -0.1) is 11.8 Å². The van der Waals surface area contributed by atoms with Gasteiger partial charge in [-0.25, -0.2) is 4.79 Å². The van der Waals surface area contributed by atoms with Crippen molar-refractivity contribution in [1.82, 2.24) is 9.55 Å². The van der Waals surface area contributed by atoms with Crippen LogP contribution in [0.1, 0.15) is 33.9 Å². The van der Waals surface area contributed by atoms with Gasteiger partial charge in [0.1, 0.15) is 24.9 Å². The molecule has 0 aromatic carbocycles. The first-order valence-corrected chi connectivity index (χ1v) is 14.1. The Morgan fingerprint density at radius 3 is 2.50 bits per heavy atom. The average molecular weight is 461 g/mol. The van der Waals surface area contributed by atoms with Gasteiger partial charge in [0.05, 0.1) is 5.94 Å². The molecule has 0 saturated carbocycles. The summed E-state index contributed by atoms with van der Waals surface area (Å²) in [6.45, 7) is 11.8. The zero-order valence-electron chi connectivity index (χ0n) is 18.6. The normalized spacial score (nSPS) is 24.8. The minimum Gasteiger partial charge on any atom is -0.463 e.